The number of benzene rings is 2. The van der Waals surface area contributed by atoms with Crippen LogP contribution >= 0.6 is 12.2 Å². The molecule has 0 atom stereocenters. The predicted molar refractivity (Wildman–Crippen MR) is 101 cm³/mol. The molecule has 136 valence electrons. The quantitative estimate of drug-likeness (QED) is 0.400. The Hall–Kier alpha value is -3.66. The second-order valence-electron chi connectivity index (χ2n) is 5.50. The van der Waals surface area contributed by atoms with Crippen molar-refractivity contribution in [1.82, 2.24) is 15.5 Å². The Bertz CT molecular complexity index is 1030. The lowest BCUT2D eigenvalue weighted by molar-refractivity contribution is -0.384. The van der Waals surface area contributed by atoms with Crippen LogP contribution in [0, 0.1) is 17.0 Å². The largest absolute Gasteiger partial charge is 0.403 e. The number of nitro groups is 1. The van der Waals surface area contributed by atoms with Crippen molar-refractivity contribution in [3.63, 3.8) is 0 Å². The van der Waals surface area contributed by atoms with Gasteiger partial charge in [0.25, 0.3) is 11.6 Å². The summed E-state index contributed by atoms with van der Waals surface area (Å²) in [5.74, 6) is -0.302. The number of nitrogens with zero attached hydrogens (tertiary/aromatic N) is 3. The molecule has 0 aliphatic rings. The van der Waals surface area contributed by atoms with Gasteiger partial charge in [0.2, 0.25) is 5.89 Å². The van der Waals surface area contributed by atoms with Crippen molar-refractivity contribution in [3.8, 4) is 11.5 Å². The highest BCUT2D eigenvalue weighted by Crippen LogP contribution is 2.20. The Kier molecular flexibility index (Phi) is 5.18. The molecule has 2 aromatic carbocycles. The van der Waals surface area contributed by atoms with E-state index in [4.69, 9.17) is 16.6 Å². The fraction of sp³-hybridized carbons (Fsp3) is 0.0588. The third kappa shape index (κ3) is 4.50. The normalized spacial score (nSPS) is 10.3. The molecule has 0 saturated heterocycles. The molecule has 3 rings (SSSR count). The maximum Gasteiger partial charge on any atom is 0.322 e. The number of carbonyl (C=O) groups excluding carboxylic acids is 1. The highest BCUT2D eigenvalue weighted by atomic mass is 32.1. The monoisotopic (exact) mass is 383 g/mol. The molecule has 1 aromatic heterocycles. The number of hydrogen-bond donors (Lipinski definition) is 2. The van der Waals surface area contributed by atoms with Gasteiger partial charge >= 0.3 is 6.01 Å². The van der Waals surface area contributed by atoms with Crippen LogP contribution in [0.3, 0.4) is 0 Å². The molecule has 0 saturated carbocycles. The van der Waals surface area contributed by atoms with Crippen molar-refractivity contribution in [3.05, 3.63) is 69.8 Å². The highest BCUT2D eigenvalue weighted by molar-refractivity contribution is 7.80. The summed E-state index contributed by atoms with van der Waals surface area (Å²) in [5, 5.41) is 23.5. The summed E-state index contributed by atoms with van der Waals surface area (Å²) in [4.78, 5) is 22.4. The minimum absolute atomic E-state index is 0.0100. The number of amides is 1. The van der Waals surface area contributed by atoms with Gasteiger partial charge in [-0.05, 0) is 37.3 Å². The highest BCUT2D eigenvalue weighted by Gasteiger charge is 2.14. The summed E-state index contributed by atoms with van der Waals surface area (Å²) in [7, 11) is 0. The molecule has 10 heteroatoms. The number of anilines is 1. The molecule has 0 spiro atoms. The van der Waals surface area contributed by atoms with Crippen molar-refractivity contribution in [1.29, 1.82) is 0 Å². The molecule has 9 nitrogen and oxygen atoms in total. The van der Waals surface area contributed by atoms with E-state index in [2.05, 4.69) is 20.8 Å². The van der Waals surface area contributed by atoms with Crippen LogP contribution in [-0.4, -0.2) is 26.1 Å². The number of aromatic nitrogens is 2. The van der Waals surface area contributed by atoms with Crippen LogP contribution in [0.5, 0.6) is 0 Å². The summed E-state index contributed by atoms with van der Waals surface area (Å²) < 4.78 is 5.47. The van der Waals surface area contributed by atoms with Gasteiger partial charge in [-0.1, -0.05) is 28.9 Å². The number of nitrogens with one attached hydrogen (secondary N) is 2. The number of non-ortho nitro benzene ring substituents is 1. The average molecular weight is 383 g/mol. The number of hydrogen-bond acceptors (Lipinski definition) is 7. The van der Waals surface area contributed by atoms with Gasteiger partial charge in [0, 0.05) is 23.3 Å². The van der Waals surface area contributed by atoms with E-state index in [-0.39, 0.29) is 22.4 Å². The molecular formula is C17H13N5O4S. The Labute approximate surface area is 158 Å². The third-order valence-corrected chi connectivity index (χ3v) is 3.66. The van der Waals surface area contributed by atoms with Gasteiger partial charge in [-0.25, -0.2) is 0 Å². The first-order valence-corrected chi connectivity index (χ1v) is 8.10. The fourth-order valence-corrected chi connectivity index (χ4v) is 2.41. The first kappa shape index (κ1) is 18.1. The molecule has 27 heavy (non-hydrogen) atoms. The number of rotatable bonds is 4. The lowest BCUT2D eigenvalue weighted by atomic mass is 10.1. The zero-order chi connectivity index (χ0) is 19.4. The molecule has 1 heterocycles. The van der Waals surface area contributed by atoms with Crippen molar-refractivity contribution in [2.75, 3.05) is 5.32 Å². The molecule has 0 bridgehead atoms. The minimum Gasteiger partial charge on any atom is -0.403 e. The van der Waals surface area contributed by atoms with E-state index >= 15 is 0 Å². The first-order chi connectivity index (χ1) is 12.9. The van der Waals surface area contributed by atoms with Gasteiger partial charge < -0.3 is 4.42 Å². The standard InChI is InChI=1S/C17H13N5O4S/c1-10-4-2-6-12(8-10)15-20-21-16(26-15)19-17(27)18-14(23)11-5-3-7-13(9-11)22(24)25/h2-9H,1H3,(H2,18,19,21,23,27). The number of nitro benzene ring substituents is 1. The summed E-state index contributed by atoms with van der Waals surface area (Å²) >= 11 is 5.04. The van der Waals surface area contributed by atoms with Crippen LogP contribution in [0.4, 0.5) is 11.7 Å². The van der Waals surface area contributed by atoms with Gasteiger partial charge in [-0.15, -0.1) is 5.10 Å². The third-order valence-electron chi connectivity index (χ3n) is 3.46. The van der Waals surface area contributed by atoms with Crippen molar-refractivity contribution in [2.24, 2.45) is 0 Å². The Morgan fingerprint density at radius 3 is 2.70 bits per heavy atom. The molecule has 0 radical (unpaired) electrons. The van der Waals surface area contributed by atoms with Crippen molar-refractivity contribution >= 4 is 34.9 Å². The molecule has 0 aliphatic heterocycles. The topological polar surface area (TPSA) is 123 Å². The van der Waals surface area contributed by atoms with Gasteiger partial charge in [0.15, 0.2) is 5.11 Å². The SMILES string of the molecule is Cc1cccc(-c2nnc(NC(=S)NC(=O)c3cccc([N+](=O)[O-])c3)o2)c1. The van der Waals surface area contributed by atoms with E-state index in [1.165, 1.54) is 18.2 Å². The second-order valence-corrected chi connectivity index (χ2v) is 5.91. The van der Waals surface area contributed by atoms with Gasteiger partial charge in [0.1, 0.15) is 0 Å². The maximum absolute atomic E-state index is 12.2. The van der Waals surface area contributed by atoms with Crippen LogP contribution in [0.1, 0.15) is 15.9 Å². The van der Waals surface area contributed by atoms with Crippen molar-refractivity contribution < 1.29 is 14.1 Å². The minimum atomic E-state index is -0.602. The summed E-state index contributed by atoms with van der Waals surface area (Å²) in [6, 6.07) is 12.8. The zero-order valence-electron chi connectivity index (χ0n) is 14.0. The van der Waals surface area contributed by atoms with Gasteiger partial charge in [0.05, 0.1) is 4.92 Å². The maximum atomic E-state index is 12.2. The van der Waals surface area contributed by atoms with Gasteiger partial charge in [-0.3, -0.25) is 25.5 Å². The Morgan fingerprint density at radius 1 is 1.19 bits per heavy atom. The summed E-state index contributed by atoms with van der Waals surface area (Å²) in [5.41, 5.74) is 1.70. The average Bonchev–Trinajstić information content (AvgIpc) is 3.10. The molecule has 0 fully saturated rings. The van der Waals surface area contributed by atoms with Crippen LogP contribution in [0.2, 0.25) is 0 Å². The summed E-state index contributed by atoms with van der Waals surface area (Å²) in [6.07, 6.45) is 0. The van der Waals surface area contributed by atoms with Crippen molar-refractivity contribution in [2.45, 2.75) is 6.92 Å². The van der Waals surface area contributed by atoms with Crippen LogP contribution < -0.4 is 10.6 Å². The number of aryl methyl sites for hydroxylation is 1. The molecular weight excluding hydrogens is 370 g/mol. The van der Waals surface area contributed by atoms with Crippen LogP contribution in [0.25, 0.3) is 11.5 Å². The van der Waals surface area contributed by atoms with Crippen LogP contribution in [-0.2, 0) is 0 Å². The molecule has 1 amide bonds. The molecule has 3 aromatic rings. The second kappa shape index (κ2) is 7.70. The van der Waals surface area contributed by atoms with E-state index in [1.54, 1.807) is 0 Å². The van der Waals surface area contributed by atoms with Crippen LogP contribution in [0.15, 0.2) is 52.9 Å². The lowest BCUT2D eigenvalue weighted by Gasteiger charge is -2.06. The Balaban J connectivity index is 1.65. The lowest BCUT2D eigenvalue weighted by Crippen LogP contribution is -2.34. The molecule has 2 N–H and O–H groups in total. The number of thiocarbonyl (C=S) groups is 1. The van der Waals surface area contributed by atoms with E-state index in [0.717, 1.165) is 17.2 Å². The van der Waals surface area contributed by atoms with E-state index < -0.39 is 10.8 Å². The van der Waals surface area contributed by atoms with Gasteiger partial charge in [-0.2, -0.15) is 0 Å². The zero-order valence-corrected chi connectivity index (χ0v) is 14.8. The van der Waals surface area contributed by atoms with E-state index in [9.17, 15) is 14.9 Å². The molecule has 0 aliphatic carbocycles. The first-order valence-electron chi connectivity index (χ1n) is 7.70. The smallest absolute Gasteiger partial charge is 0.322 e. The predicted octanol–water partition coefficient (Wildman–Crippen LogP) is 3.08. The molecule has 0 unspecified atom stereocenters. The van der Waals surface area contributed by atoms with E-state index in [0.29, 0.717) is 5.89 Å². The Morgan fingerprint density at radius 2 is 1.96 bits per heavy atom. The number of carbonyl (C=O) groups is 1. The fourth-order valence-electron chi connectivity index (χ4n) is 2.23. The van der Waals surface area contributed by atoms with E-state index in [1.807, 2.05) is 31.2 Å². The summed E-state index contributed by atoms with van der Waals surface area (Å²) in [6.45, 7) is 1.94.